The van der Waals surface area contributed by atoms with E-state index in [9.17, 15) is 22.4 Å². The molecule has 8 heteroatoms. The number of ether oxygens (including phenoxy) is 2. The molecule has 2 saturated heterocycles. The third-order valence-corrected chi connectivity index (χ3v) is 7.50. The monoisotopic (exact) mass is 491 g/mol. The van der Waals surface area contributed by atoms with Crippen molar-refractivity contribution >= 4 is 5.97 Å². The number of halogens is 4. The van der Waals surface area contributed by atoms with Crippen LogP contribution in [-0.2, 0) is 20.4 Å². The minimum atomic E-state index is -4.49. The first-order chi connectivity index (χ1) is 16.8. The molecule has 4 nitrogen and oxygen atoms in total. The van der Waals surface area contributed by atoms with Crippen LogP contribution < -0.4 is 5.32 Å². The standard InChI is InChI=1S/C27H29F4NO3/c1-2-3-8-22(33)34-14-16-10-12-19-23(18-6-4-5-7-21(18)28)25-24(32-25)17-11-9-15(27(29,30)31)13-20(17)26(19)35-16/h4-7,9,11,13,16,19,23-26,32H,2-3,8,10,12,14H2,1H3/t16?,19-,23-,24?,25?,26-/m1/s1. The molecule has 188 valence electrons. The van der Waals surface area contributed by atoms with Crippen molar-refractivity contribution in [3.05, 3.63) is 70.5 Å². The summed E-state index contributed by atoms with van der Waals surface area (Å²) in [5, 5.41) is 3.39. The van der Waals surface area contributed by atoms with Crippen molar-refractivity contribution in [2.24, 2.45) is 5.92 Å². The van der Waals surface area contributed by atoms with Crippen LogP contribution in [0.4, 0.5) is 17.6 Å². The van der Waals surface area contributed by atoms with E-state index in [1.807, 2.05) is 6.92 Å². The molecule has 2 aromatic carbocycles. The van der Waals surface area contributed by atoms with E-state index in [0.717, 1.165) is 24.5 Å². The zero-order chi connectivity index (χ0) is 24.7. The Morgan fingerprint density at radius 2 is 1.91 bits per heavy atom. The van der Waals surface area contributed by atoms with Crippen LogP contribution in [0.2, 0.25) is 0 Å². The number of esters is 1. The van der Waals surface area contributed by atoms with Crippen LogP contribution in [0.15, 0.2) is 42.5 Å². The van der Waals surface area contributed by atoms with Gasteiger partial charge in [-0.15, -0.1) is 0 Å². The molecular formula is C27H29F4NO3. The Kier molecular flexibility index (Phi) is 6.61. The molecule has 0 amide bonds. The highest BCUT2D eigenvalue weighted by atomic mass is 19.4. The second-order valence-corrected chi connectivity index (χ2v) is 9.77. The fraction of sp³-hybridized carbons (Fsp3) is 0.519. The van der Waals surface area contributed by atoms with Crippen molar-refractivity contribution in [1.82, 2.24) is 5.32 Å². The molecule has 5 rings (SSSR count). The first kappa shape index (κ1) is 24.3. The van der Waals surface area contributed by atoms with Crippen molar-refractivity contribution in [2.45, 2.75) is 75.4 Å². The Balaban J connectivity index is 1.48. The Morgan fingerprint density at radius 3 is 2.66 bits per heavy atom. The molecule has 3 aliphatic rings. The van der Waals surface area contributed by atoms with Crippen LogP contribution in [0.3, 0.4) is 0 Å². The summed E-state index contributed by atoms with van der Waals surface area (Å²) in [6.45, 7) is 2.05. The van der Waals surface area contributed by atoms with Crippen LogP contribution in [0.25, 0.3) is 0 Å². The summed E-state index contributed by atoms with van der Waals surface area (Å²) < 4.78 is 67.5. The topological polar surface area (TPSA) is 57.5 Å². The molecule has 2 aliphatic heterocycles. The van der Waals surface area contributed by atoms with Crippen molar-refractivity contribution in [1.29, 1.82) is 0 Å². The second-order valence-electron chi connectivity index (χ2n) is 9.77. The van der Waals surface area contributed by atoms with Crippen LogP contribution in [0.5, 0.6) is 0 Å². The number of hydrogen-bond donors (Lipinski definition) is 1. The van der Waals surface area contributed by atoms with Crippen LogP contribution in [0.1, 0.15) is 79.3 Å². The molecule has 0 radical (unpaired) electrons. The number of nitrogens with one attached hydrogen (secondary N) is 1. The van der Waals surface area contributed by atoms with Gasteiger partial charge in [-0.1, -0.05) is 37.6 Å². The molecule has 3 unspecified atom stereocenters. The lowest BCUT2D eigenvalue weighted by atomic mass is 9.75. The highest BCUT2D eigenvalue weighted by Crippen LogP contribution is 2.57. The third kappa shape index (κ3) is 4.83. The van der Waals surface area contributed by atoms with E-state index in [-0.39, 0.29) is 42.3 Å². The number of carbonyl (C=O) groups is 1. The normalized spacial score (nSPS) is 29.4. The molecular weight excluding hydrogens is 462 g/mol. The van der Waals surface area contributed by atoms with E-state index in [0.29, 0.717) is 30.4 Å². The van der Waals surface area contributed by atoms with Gasteiger partial charge in [0.15, 0.2) is 0 Å². The molecule has 6 atom stereocenters. The van der Waals surface area contributed by atoms with Crippen molar-refractivity contribution in [3.63, 3.8) is 0 Å². The average Bonchev–Trinajstić information content (AvgIpc) is 3.63. The van der Waals surface area contributed by atoms with Gasteiger partial charge in [-0.2, -0.15) is 13.2 Å². The molecule has 2 heterocycles. The number of alkyl halides is 3. The van der Waals surface area contributed by atoms with Gasteiger partial charge in [-0.05, 0) is 60.1 Å². The van der Waals surface area contributed by atoms with Gasteiger partial charge >= 0.3 is 12.1 Å². The van der Waals surface area contributed by atoms with Gasteiger partial charge in [0.2, 0.25) is 0 Å². The van der Waals surface area contributed by atoms with Gasteiger partial charge in [0.1, 0.15) is 12.4 Å². The number of carbonyl (C=O) groups excluding carboxylic acids is 1. The fourth-order valence-electron chi connectivity index (χ4n) is 5.74. The highest BCUT2D eigenvalue weighted by molar-refractivity contribution is 5.69. The molecule has 0 aromatic heterocycles. The van der Waals surface area contributed by atoms with E-state index in [1.54, 1.807) is 18.2 Å². The van der Waals surface area contributed by atoms with Gasteiger partial charge in [0, 0.05) is 24.4 Å². The van der Waals surface area contributed by atoms with Crippen LogP contribution in [-0.4, -0.2) is 24.7 Å². The number of fused-ring (bicyclic) bond motifs is 5. The van der Waals surface area contributed by atoms with Crippen molar-refractivity contribution in [3.8, 4) is 0 Å². The predicted octanol–water partition coefficient (Wildman–Crippen LogP) is 6.22. The third-order valence-electron chi connectivity index (χ3n) is 7.50. The quantitative estimate of drug-likeness (QED) is 0.296. The van der Waals surface area contributed by atoms with Crippen molar-refractivity contribution in [2.75, 3.05) is 6.61 Å². The molecule has 2 aromatic rings. The molecule has 0 bridgehead atoms. The van der Waals surface area contributed by atoms with E-state index in [1.165, 1.54) is 18.2 Å². The molecule has 1 N–H and O–H groups in total. The summed E-state index contributed by atoms with van der Waals surface area (Å²) in [5.41, 5.74) is 1.08. The first-order valence-corrected chi connectivity index (χ1v) is 12.3. The molecule has 2 fully saturated rings. The van der Waals surface area contributed by atoms with Gasteiger partial charge < -0.3 is 14.8 Å². The van der Waals surface area contributed by atoms with E-state index >= 15 is 0 Å². The highest BCUT2D eigenvalue weighted by Gasteiger charge is 2.55. The Labute approximate surface area is 202 Å². The maximum atomic E-state index is 14.9. The zero-order valence-corrected chi connectivity index (χ0v) is 19.5. The second kappa shape index (κ2) is 9.54. The maximum Gasteiger partial charge on any atom is 0.416 e. The first-order valence-electron chi connectivity index (χ1n) is 12.3. The van der Waals surface area contributed by atoms with E-state index in [4.69, 9.17) is 9.47 Å². The van der Waals surface area contributed by atoms with Gasteiger partial charge in [-0.25, -0.2) is 4.39 Å². The Morgan fingerprint density at radius 1 is 1.11 bits per heavy atom. The minimum Gasteiger partial charge on any atom is -0.463 e. The average molecular weight is 492 g/mol. The largest absolute Gasteiger partial charge is 0.463 e. The summed E-state index contributed by atoms with van der Waals surface area (Å²) in [5.74, 6) is -1.09. The maximum absolute atomic E-state index is 14.9. The lowest BCUT2D eigenvalue weighted by Gasteiger charge is -2.40. The number of unbranched alkanes of at least 4 members (excludes halogenated alkanes) is 1. The molecule has 1 aliphatic carbocycles. The van der Waals surface area contributed by atoms with Gasteiger partial charge in [0.25, 0.3) is 0 Å². The summed E-state index contributed by atoms with van der Waals surface area (Å²) in [6, 6.07) is 10.2. The van der Waals surface area contributed by atoms with Gasteiger partial charge in [-0.3, -0.25) is 4.79 Å². The summed E-state index contributed by atoms with van der Waals surface area (Å²) in [7, 11) is 0. The lowest BCUT2D eigenvalue weighted by Crippen LogP contribution is -2.37. The molecule has 0 saturated carbocycles. The lowest BCUT2D eigenvalue weighted by molar-refractivity contribution is -0.157. The summed E-state index contributed by atoms with van der Waals surface area (Å²) >= 11 is 0. The summed E-state index contributed by atoms with van der Waals surface area (Å²) in [4.78, 5) is 12.0. The SMILES string of the molecule is CCCCC(=O)OCC1CC[C@H]2[C@@H](O1)c1cc(C(F)(F)F)ccc1C1NC1[C@@H]2c1ccccc1F. The smallest absolute Gasteiger partial charge is 0.416 e. The van der Waals surface area contributed by atoms with Gasteiger partial charge in [0.05, 0.1) is 17.8 Å². The Hall–Kier alpha value is -2.45. The Bertz CT molecular complexity index is 1090. The fourth-order valence-corrected chi connectivity index (χ4v) is 5.74. The molecule has 0 spiro atoms. The predicted molar refractivity (Wildman–Crippen MR) is 121 cm³/mol. The summed E-state index contributed by atoms with van der Waals surface area (Å²) in [6.07, 6.45) is -2.40. The van der Waals surface area contributed by atoms with E-state index < -0.39 is 23.9 Å². The van der Waals surface area contributed by atoms with Crippen LogP contribution in [0, 0.1) is 11.7 Å². The molecule has 35 heavy (non-hydrogen) atoms. The number of rotatable bonds is 6. The van der Waals surface area contributed by atoms with Crippen LogP contribution >= 0.6 is 0 Å². The number of hydrogen-bond acceptors (Lipinski definition) is 4. The van der Waals surface area contributed by atoms with E-state index in [2.05, 4.69) is 5.32 Å². The van der Waals surface area contributed by atoms with Crippen molar-refractivity contribution < 1.29 is 31.8 Å². The minimum absolute atomic E-state index is 0.0650. The number of benzene rings is 2. The zero-order valence-electron chi connectivity index (χ0n) is 19.5.